The van der Waals surface area contributed by atoms with Crippen LogP contribution in [0.1, 0.15) is 52.9 Å². The third-order valence-electron chi connectivity index (χ3n) is 4.00. The van der Waals surface area contributed by atoms with Crippen LogP contribution >= 0.6 is 12.2 Å². The summed E-state index contributed by atoms with van der Waals surface area (Å²) in [6.45, 7) is 8.57. The van der Waals surface area contributed by atoms with E-state index in [0.29, 0.717) is 22.5 Å². The molecule has 0 aromatic rings. The second kappa shape index (κ2) is 6.85. The average Bonchev–Trinajstić information content (AvgIpc) is 2.84. The van der Waals surface area contributed by atoms with Gasteiger partial charge in [-0.15, -0.1) is 0 Å². The van der Waals surface area contributed by atoms with E-state index in [9.17, 15) is 0 Å². The van der Waals surface area contributed by atoms with Gasteiger partial charge in [0.1, 0.15) is 0 Å². The Labute approximate surface area is 127 Å². The maximum Gasteiger partial charge on any atom is 0.187 e. The molecule has 20 heavy (non-hydrogen) atoms. The zero-order valence-electron chi connectivity index (χ0n) is 12.9. The summed E-state index contributed by atoms with van der Waals surface area (Å²) in [6, 6.07) is 0. The van der Waals surface area contributed by atoms with Crippen molar-refractivity contribution < 1.29 is 4.74 Å². The van der Waals surface area contributed by atoms with Gasteiger partial charge in [-0.2, -0.15) is 5.10 Å². The Morgan fingerprint density at radius 1 is 1.50 bits per heavy atom. The summed E-state index contributed by atoms with van der Waals surface area (Å²) in [5, 5.41) is 8.28. The molecule has 0 bridgehead atoms. The Morgan fingerprint density at radius 3 is 2.95 bits per heavy atom. The number of thiocarbonyl (C=S) groups is 1. The largest absolute Gasteiger partial charge is 0.376 e. The van der Waals surface area contributed by atoms with Gasteiger partial charge < -0.3 is 10.1 Å². The van der Waals surface area contributed by atoms with Gasteiger partial charge in [0, 0.05) is 18.9 Å². The van der Waals surface area contributed by atoms with E-state index in [-0.39, 0.29) is 0 Å². The van der Waals surface area contributed by atoms with Crippen LogP contribution in [0.2, 0.25) is 0 Å². The first-order valence-corrected chi connectivity index (χ1v) is 8.06. The zero-order chi connectivity index (χ0) is 14.6. The van der Waals surface area contributed by atoms with Crippen molar-refractivity contribution in [3.63, 3.8) is 0 Å². The topological polar surface area (TPSA) is 45.7 Å². The molecule has 0 aromatic carbocycles. The Kier molecular flexibility index (Phi) is 5.38. The zero-order valence-corrected chi connectivity index (χ0v) is 13.7. The molecule has 2 N–H and O–H groups in total. The molecule has 114 valence electrons. The Bertz CT molecular complexity index is 375. The van der Waals surface area contributed by atoms with Crippen LogP contribution < -0.4 is 10.7 Å². The third kappa shape index (κ3) is 5.02. The van der Waals surface area contributed by atoms with Crippen LogP contribution in [0.25, 0.3) is 0 Å². The molecule has 1 saturated heterocycles. The van der Waals surface area contributed by atoms with Crippen molar-refractivity contribution in [1.82, 2.24) is 10.7 Å². The maximum absolute atomic E-state index is 5.55. The van der Waals surface area contributed by atoms with Crippen molar-refractivity contribution >= 4 is 23.0 Å². The Balaban J connectivity index is 1.74. The summed E-state index contributed by atoms with van der Waals surface area (Å²) < 4.78 is 5.55. The predicted octanol–water partition coefficient (Wildman–Crippen LogP) is 2.83. The fourth-order valence-electron chi connectivity index (χ4n) is 3.38. The number of nitrogens with one attached hydrogen (secondary N) is 2. The molecule has 0 radical (unpaired) electrons. The van der Waals surface area contributed by atoms with E-state index in [1.165, 1.54) is 12.1 Å². The fraction of sp³-hybridized carbons (Fsp3) is 0.867. The highest BCUT2D eigenvalue weighted by Crippen LogP contribution is 2.36. The van der Waals surface area contributed by atoms with Gasteiger partial charge in [-0.3, -0.25) is 5.43 Å². The molecule has 1 saturated carbocycles. The molecule has 2 rings (SSSR count). The summed E-state index contributed by atoms with van der Waals surface area (Å²) in [6.07, 6.45) is 5.98. The number of hydrogen-bond acceptors (Lipinski definition) is 3. The summed E-state index contributed by atoms with van der Waals surface area (Å²) >= 11 is 5.26. The van der Waals surface area contributed by atoms with Crippen LogP contribution in [0.3, 0.4) is 0 Å². The lowest BCUT2D eigenvalue weighted by atomic mass is 9.72. The Morgan fingerprint density at radius 2 is 2.30 bits per heavy atom. The maximum atomic E-state index is 5.55. The van der Waals surface area contributed by atoms with Crippen molar-refractivity contribution in [3.05, 3.63) is 0 Å². The molecule has 1 heterocycles. The first-order valence-electron chi connectivity index (χ1n) is 7.65. The van der Waals surface area contributed by atoms with Crippen molar-refractivity contribution in [1.29, 1.82) is 0 Å². The quantitative estimate of drug-likeness (QED) is 0.621. The minimum absolute atomic E-state index is 0.302. The highest BCUT2D eigenvalue weighted by atomic mass is 32.1. The monoisotopic (exact) mass is 297 g/mol. The van der Waals surface area contributed by atoms with Gasteiger partial charge in [-0.1, -0.05) is 20.8 Å². The predicted molar refractivity (Wildman–Crippen MR) is 86.9 cm³/mol. The molecule has 1 aliphatic carbocycles. The lowest BCUT2D eigenvalue weighted by Crippen LogP contribution is -2.38. The van der Waals surface area contributed by atoms with Crippen LogP contribution in [0.15, 0.2) is 5.10 Å². The fourth-order valence-corrected chi connectivity index (χ4v) is 3.51. The van der Waals surface area contributed by atoms with E-state index in [1.807, 2.05) is 0 Å². The summed E-state index contributed by atoms with van der Waals surface area (Å²) in [5.41, 5.74) is 4.57. The minimum Gasteiger partial charge on any atom is -0.376 e. The molecule has 0 amide bonds. The number of hydrogen-bond donors (Lipinski definition) is 2. The van der Waals surface area contributed by atoms with E-state index in [4.69, 9.17) is 17.0 Å². The van der Waals surface area contributed by atoms with Gasteiger partial charge >= 0.3 is 0 Å². The standard InChI is InChI=1S/C15H27N3OS/c1-11-7-12(9-15(2,3)8-11)17-18-14(20)16-10-13-5-4-6-19-13/h11,13H,4-10H2,1-3H3,(H2,16,18,20)/b17-12+/t11-,13-/m0/s1. The Hall–Kier alpha value is -0.680. The van der Waals surface area contributed by atoms with Crippen LogP contribution in [0.5, 0.6) is 0 Å². The van der Waals surface area contributed by atoms with E-state index >= 15 is 0 Å². The lowest BCUT2D eigenvalue weighted by Gasteiger charge is -2.34. The normalized spacial score (nSPS) is 31.2. The molecule has 0 spiro atoms. The number of ether oxygens (including phenoxy) is 1. The van der Waals surface area contributed by atoms with Gasteiger partial charge in [-0.05, 0) is 55.7 Å². The highest BCUT2D eigenvalue weighted by molar-refractivity contribution is 7.80. The molecule has 0 aromatic heterocycles. The molecule has 2 atom stereocenters. The van der Waals surface area contributed by atoms with E-state index in [0.717, 1.165) is 38.8 Å². The smallest absolute Gasteiger partial charge is 0.187 e. The van der Waals surface area contributed by atoms with Crippen molar-refractivity contribution in [2.24, 2.45) is 16.4 Å². The molecule has 0 unspecified atom stereocenters. The first kappa shape index (κ1) is 15.7. The minimum atomic E-state index is 0.302. The first-order chi connectivity index (χ1) is 9.44. The second-order valence-electron chi connectivity index (χ2n) is 6.99. The van der Waals surface area contributed by atoms with Gasteiger partial charge in [-0.25, -0.2) is 0 Å². The van der Waals surface area contributed by atoms with Gasteiger partial charge in [0.15, 0.2) is 5.11 Å². The van der Waals surface area contributed by atoms with E-state index in [1.54, 1.807) is 0 Å². The van der Waals surface area contributed by atoms with Crippen LogP contribution in [-0.4, -0.2) is 30.1 Å². The molecule has 4 nitrogen and oxygen atoms in total. The van der Waals surface area contributed by atoms with Crippen LogP contribution in [0, 0.1) is 11.3 Å². The molecule has 2 aliphatic rings. The highest BCUT2D eigenvalue weighted by Gasteiger charge is 2.29. The van der Waals surface area contributed by atoms with Crippen LogP contribution in [-0.2, 0) is 4.74 Å². The molecule has 2 fully saturated rings. The number of hydrazone groups is 1. The van der Waals surface area contributed by atoms with Gasteiger partial charge in [0.2, 0.25) is 0 Å². The molecular weight excluding hydrogens is 270 g/mol. The van der Waals surface area contributed by atoms with Crippen molar-refractivity contribution in [2.75, 3.05) is 13.2 Å². The number of nitrogens with zero attached hydrogens (tertiary/aromatic N) is 1. The van der Waals surface area contributed by atoms with Gasteiger partial charge in [0.25, 0.3) is 0 Å². The van der Waals surface area contributed by atoms with Crippen LogP contribution in [0.4, 0.5) is 0 Å². The second-order valence-corrected chi connectivity index (χ2v) is 7.40. The van der Waals surface area contributed by atoms with E-state index in [2.05, 4.69) is 36.6 Å². The summed E-state index contributed by atoms with van der Waals surface area (Å²) in [4.78, 5) is 0. The number of rotatable bonds is 3. The third-order valence-corrected chi connectivity index (χ3v) is 4.23. The molecular formula is C15H27N3OS. The SMILES string of the molecule is C[C@H]1C/C(=N\NC(=S)NC[C@@H]2CCCO2)CC(C)(C)C1. The van der Waals surface area contributed by atoms with E-state index < -0.39 is 0 Å². The van der Waals surface area contributed by atoms with Crippen molar-refractivity contribution in [3.8, 4) is 0 Å². The summed E-state index contributed by atoms with van der Waals surface area (Å²) in [5.74, 6) is 0.702. The average molecular weight is 297 g/mol. The summed E-state index contributed by atoms with van der Waals surface area (Å²) in [7, 11) is 0. The molecule has 5 heteroatoms. The van der Waals surface area contributed by atoms with Gasteiger partial charge in [0.05, 0.1) is 6.10 Å². The van der Waals surface area contributed by atoms with Crippen molar-refractivity contribution in [2.45, 2.75) is 59.0 Å². The molecule has 1 aliphatic heterocycles. The lowest BCUT2D eigenvalue weighted by molar-refractivity contribution is 0.114.